The van der Waals surface area contributed by atoms with Gasteiger partial charge >= 0.3 is 12.2 Å². The monoisotopic (exact) mass is 474 g/mol. The van der Waals surface area contributed by atoms with E-state index in [0.717, 1.165) is 50.3 Å². The Bertz CT molecular complexity index is 931. The van der Waals surface area contributed by atoms with Crippen LogP contribution in [0.5, 0.6) is 0 Å². The molecule has 2 aromatic rings. The molecule has 2 saturated heterocycles. The molecule has 0 bridgehead atoms. The minimum atomic E-state index is -4.34. The molecule has 0 spiro atoms. The third-order valence-electron chi connectivity index (χ3n) is 6.88. The number of amides is 2. The van der Waals surface area contributed by atoms with Crippen molar-refractivity contribution in [2.24, 2.45) is 0 Å². The van der Waals surface area contributed by atoms with Crippen LogP contribution < -0.4 is 10.2 Å². The number of anilines is 1. The van der Waals surface area contributed by atoms with E-state index in [-0.39, 0.29) is 24.2 Å². The van der Waals surface area contributed by atoms with Gasteiger partial charge in [-0.15, -0.1) is 0 Å². The highest BCUT2D eigenvalue weighted by atomic mass is 19.4. The van der Waals surface area contributed by atoms with Gasteiger partial charge in [-0.2, -0.15) is 13.2 Å². The number of hydrogen-bond acceptors (Lipinski definition) is 3. The van der Waals surface area contributed by atoms with Gasteiger partial charge in [0.05, 0.1) is 5.56 Å². The lowest BCUT2D eigenvalue weighted by Gasteiger charge is -2.46. The van der Waals surface area contributed by atoms with Gasteiger partial charge in [0.1, 0.15) is 0 Å². The van der Waals surface area contributed by atoms with Crippen molar-refractivity contribution in [2.45, 2.75) is 57.5 Å². The predicted molar refractivity (Wildman–Crippen MR) is 128 cm³/mol. The smallest absolute Gasteiger partial charge is 0.367 e. The van der Waals surface area contributed by atoms with Gasteiger partial charge in [0.25, 0.3) is 0 Å². The summed E-state index contributed by atoms with van der Waals surface area (Å²) >= 11 is 0. The molecule has 2 atom stereocenters. The Balaban J connectivity index is 1.28. The maximum Gasteiger partial charge on any atom is 0.416 e. The van der Waals surface area contributed by atoms with Crippen molar-refractivity contribution in [1.82, 2.24) is 15.1 Å². The summed E-state index contributed by atoms with van der Waals surface area (Å²) in [6.45, 7) is 7.99. The maximum absolute atomic E-state index is 13.1. The molecule has 4 rings (SSSR count). The van der Waals surface area contributed by atoms with Crippen LogP contribution in [0.15, 0.2) is 54.6 Å². The number of alkyl halides is 3. The number of rotatable bonds is 4. The van der Waals surface area contributed by atoms with Gasteiger partial charge in [0.2, 0.25) is 0 Å². The zero-order chi connectivity index (χ0) is 24.3. The second-order valence-electron chi connectivity index (χ2n) is 9.54. The summed E-state index contributed by atoms with van der Waals surface area (Å²) in [5.74, 6) is 0. The third-order valence-corrected chi connectivity index (χ3v) is 6.88. The lowest BCUT2D eigenvalue weighted by molar-refractivity contribution is -0.137. The zero-order valence-corrected chi connectivity index (χ0v) is 19.8. The number of carbonyl (C=O) groups excluding carboxylic acids is 1. The SMILES string of the molecule is C[C@@H]1CN(c2ccc(C(F)(F)F)cc2)C[C@@H](C)N1C(=O)NC1CCN(Cc2ccccc2)CC1. The van der Waals surface area contributed by atoms with Crippen LogP contribution >= 0.6 is 0 Å². The van der Waals surface area contributed by atoms with E-state index in [4.69, 9.17) is 0 Å². The first-order chi connectivity index (χ1) is 16.2. The third kappa shape index (κ3) is 5.84. The molecule has 0 unspecified atom stereocenters. The van der Waals surface area contributed by atoms with Crippen LogP contribution in [-0.2, 0) is 12.7 Å². The minimum Gasteiger partial charge on any atom is -0.367 e. The van der Waals surface area contributed by atoms with Crippen LogP contribution in [0, 0.1) is 0 Å². The second kappa shape index (κ2) is 10.3. The molecule has 1 N–H and O–H groups in total. The van der Waals surface area contributed by atoms with Gasteiger partial charge in [-0.3, -0.25) is 4.90 Å². The fourth-order valence-corrected chi connectivity index (χ4v) is 5.12. The second-order valence-corrected chi connectivity index (χ2v) is 9.54. The van der Waals surface area contributed by atoms with Gasteiger partial charge in [-0.1, -0.05) is 30.3 Å². The number of piperazine rings is 1. The molecule has 2 aliphatic rings. The van der Waals surface area contributed by atoms with Crippen molar-refractivity contribution in [3.63, 3.8) is 0 Å². The molecule has 0 saturated carbocycles. The molecule has 34 heavy (non-hydrogen) atoms. The van der Waals surface area contributed by atoms with Gasteiger partial charge in [0, 0.05) is 56.5 Å². The zero-order valence-electron chi connectivity index (χ0n) is 19.8. The quantitative estimate of drug-likeness (QED) is 0.680. The molecule has 8 heteroatoms. The van der Waals surface area contributed by atoms with Crippen molar-refractivity contribution in [3.05, 3.63) is 65.7 Å². The minimum absolute atomic E-state index is 0.0476. The average molecular weight is 475 g/mol. The highest BCUT2D eigenvalue weighted by Gasteiger charge is 2.35. The normalized spacial score (nSPS) is 22.6. The number of nitrogens with zero attached hydrogens (tertiary/aromatic N) is 3. The summed E-state index contributed by atoms with van der Waals surface area (Å²) in [6.07, 6.45) is -2.49. The van der Waals surface area contributed by atoms with Crippen molar-refractivity contribution in [2.75, 3.05) is 31.1 Å². The molecular formula is C26H33F3N4O. The molecule has 2 heterocycles. The van der Waals surface area contributed by atoms with Crippen LogP contribution in [0.25, 0.3) is 0 Å². The largest absolute Gasteiger partial charge is 0.416 e. The number of likely N-dealkylation sites (tertiary alicyclic amines) is 1. The Hall–Kier alpha value is -2.74. The Morgan fingerprint density at radius 3 is 2.09 bits per heavy atom. The molecular weight excluding hydrogens is 441 g/mol. The van der Waals surface area contributed by atoms with Crippen molar-refractivity contribution >= 4 is 11.7 Å². The van der Waals surface area contributed by atoms with Gasteiger partial charge in [-0.05, 0) is 56.5 Å². The highest BCUT2D eigenvalue weighted by molar-refractivity contribution is 5.76. The molecule has 0 aliphatic carbocycles. The first-order valence-electron chi connectivity index (χ1n) is 12.0. The average Bonchev–Trinajstić information content (AvgIpc) is 2.80. The Morgan fingerprint density at radius 1 is 0.941 bits per heavy atom. The summed E-state index contributed by atoms with van der Waals surface area (Å²) in [5.41, 5.74) is 1.40. The maximum atomic E-state index is 13.1. The van der Waals surface area contributed by atoms with Crippen molar-refractivity contribution in [1.29, 1.82) is 0 Å². The fraction of sp³-hybridized carbons (Fsp3) is 0.500. The number of carbonyl (C=O) groups is 1. The molecule has 184 valence electrons. The van der Waals surface area contributed by atoms with E-state index in [2.05, 4.69) is 39.4 Å². The summed E-state index contributed by atoms with van der Waals surface area (Å²) in [7, 11) is 0. The summed E-state index contributed by atoms with van der Waals surface area (Å²) in [4.78, 5) is 19.5. The van der Waals surface area contributed by atoms with Crippen LogP contribution in [0.2, 0.25) is 0 Å². The van der Waals surface area contributed by atoms with Crippen LogP contribution in [0.3, 0.4) is 0 Å². The Labute approximate surface area is 199 Å². The van der Waals surface area contributed by atoms with E-state index in [1.54, 1.807) is 0 Å². The van der Waals surface area contributed by atoms with E-state index < -0.39 is 11.7 Å². The molecule has 0 radical (unpaired) electrons. The van der Waals surface area contributed by atoms with Crippen molar-refractivity contribution < 1.29 is 18.0 Å². The standard InChI is InChI=1S/C26H33F3N4O/c1-19-16-32(24-10-8-22(9-11-24)26(27,28)29)17-20(2)33(19)25(34)30-23-12-14-31(15-13-23)18-21-6-4-3-5-7-21/h3-11,19-20,23H,12-18H2,1-2H3,(H,30,34)/t19-,20-/m1/s1. The van der Waals surface area contributed by atoms with Gasteiger partial charge in [0.15, 0.2) is 0 Å². The molecule has 2 fully saturated rings. The summed E-state index contributed by atoms with van der Waals surface area (Å²) in [5, 5.41) is 3.23. The topological polar surface area (TPSA) is 38.8 Å². The summed E-state index contributed by atoms with van der Waals surface area (Å²) in [6, 6.07) is 15.7. The number of halogens is 3. The van der Waals surface area contributed by atoms with E-state index >= 15 is 0 Å². The molecule has 2 amide bonds. The van der Waals surface area contributed by atoms with E-state index in [0.29, 0.717) is 13.1 Å². The molecule has 0 aromatic heterocycles. The number of urea groups is 1. The lowest BCUT2D eigenvalue weighted by Crippen LogP contribution is -2.62. The van der Waals surface area contributed by atoms with Crippen LogP contribution in [0.1, 0.15) is 37.8 Å². The fourth-order valence-electron chi connectivity index (χ4n) is 5.12. The van der Waals surface area contributed by atoms with Gasteiger partial charge < -0.3 is 15.1 Å². The predicted octanol–water partition coefficient (Wildman–Crippen LogP) is 4.98. The lowest BCUT2D eigenvalue weighted by atomic mass is 10.0. The van der Waals surface area contributed by atoms with E-state index in [1.165, 1.54) is 17.7 Å². The Kier molecular flexibility index (Phi) is 7.36. The van der Waals surface area contributed by atoms with E-state index in [1.807, 2.05) is 24.8 Å². The number of piperidine rings is 1. The van der Waals surface area contributed by atoms with Crippen LogP contribution in [0.4, 0.5) is 23.7 Å². The number of hydrogen-bond donors (Lipinski definition) is 1. The first kappa shape index (κ1) is 24.4. The van der Waals surface area contributed by atoms with Gasteiger partial charge in [-0.25, -0.2) is 4.79 Å². The molecule has 2 aliphatic heterocycles. The molecule has 5 nitrogen and oxygen atoms in total. The highest BCUT2D eigenvalue weighted by Crippen LogP contribution is 2.31. The Morgan fingerprint density at radius 2 is 1.53 bits per heavy atom. The van der Waals surface area contributed by atoms with Crippen LogP contribution in [-0.4, -0.2) is 60.1 Å². The van der Waals surface area contributed by atoms with Crippen molar-refractivity contribution in [3.8, 4) is 0 Å². The van der Waals surface area contributed by atoms with E-state index in [9.17, 15) is 18.0 Å². The first-order valence-corrected chi connectivity index (χ1v) is 12.0. The molecule has 2 aromatic carbocycles. The number of benzene rings is 2. The summed E-state index contributed by atoms with van der Waals surface area (Å²) < 4.78 is 38.6. The number of nitrogens with one attached hydrogen (secondary N) is 1.